The molecule has 0 unspecified atom stereocenters. The van der Waals surface area contributed by atoms with Gasteiger partial charge < -0.3 is 20.5 Å². The summed E-state index contributed by atoms with van der Waals surface area (Å²) >= 11 is 0. The molecule has 0 radical (unpaired) electrons. The topological polar surface area (TPSA) is 87.7 Å². The quantitative estimate of drug-likeness (QED) is 0.764. The number of carbonyl (C=O) groups is 2. The lowest BCUT2D eigenvalue weighted by Gasteiger charge is -2.16. The van der Waals surface area contributed by atoms with Gasteiger partial charge in [0.15, 0.2) is 0 Å². The largest absolute Gasteiger partial charge is 0.495 e. The summed E-state index contributed by atoms with van der Waals surface area (Å²) in [5.74, 6) is -0.596. The van der Waals surface area contributed by atoms with Gasteiger partial charge in [-0.05, 0) is 17.7 Å². The monoisotopic (exact) mass is 314 g/mol. The lowest BCUT2D eigenvalue weighted by molar-refractivity contribution is -0.139. The van der Waals surface area contributed by atoms with Gasteiger partial charge in [-0.1, -0.05) is 42.5 Å². The van der Waals surface area contributed by atoms with E-state index in [2.05, 4.69) is 10.6 Å². The number of para-hydroxylation sites is 2. The SMILES string of the molecule is COc1ccccc1NC(=O)N[C@@H](Cc1ccccc1)C(=O)O. The normalized spacial score (nSPS) is 11.3. The van der Waals surface area contributed by atoms with E-state index in [1.807, 2.05) is 30.3 Å². The highest BCUT2D eigenvalue weighted by Gasteiger charge is 2.20. The number of amides is 2. The molecule has 0 aliphatic rings. The molecule has 0 aliphatic heterocycles. The van der Waals surface area contributed by atoms with E-state index in [9.17, 15) is 14.7 Å². The van der Waals surface area contributed by atoms with Crippen LogP contribution in [0.15, 0.2) is 54.6 Å². The van der Waals surface area contributed by atoms with Crippen molar-refractivity contribution >= 4 is 17.7 Å². The molecule has 0 fully saturated rings. The number of carboxylic acids is 1. The zero-order valence-corrected chi connectivity index (χ0v) is 12.7. The molecule has 120 valence electrons. The summed E-state index contributed by atoms with van der Waals surface area (Å²) in [7, 11) is 1.49. The molecule has 0 saturated carbocycles. The van der Waals surface area contributed by atoms with Crippen molar-refractivity contribution in [3.05, 3.63) is 60.2 Å². The van der Waals surface area contributed by atoms with E-state index in [1.54, 1.807) is 24.3 Å². The van der Waals surface area contributed by atoms with E-state index in [-0.39, 0.29) is 6.42 Å². The molecule has 0 aromatic heterocycles. The fraction of sp³-hybridized carbons (Fsp3) is 0.176. The highest BCUT2D eigenvalue weighted by Crippen LogP contribution is 2.22. The molecule has 0 bridgehead atoms. The van der Waals surface area contributed by atoms with Crippen LogP contribution in [0.5, 0.6) is 5.75 Å². The first-order chi connectivity index (χ1) is 11.1. The van der Waals surface area contributed by atoms with Crippen LogP contribution in [0, 0.1) is 0 Å². The number of benzene rings is 2. The molecule has 6 heteroatoms. The van der Waals surface area contributed by atoms with Crippen LogP contribution in [-0.2, 0) is 11.2 Å². The summed E-state index contributed by atoms with van der Waals surface area (Å²) in [5, 5.41) is 14.3. The molecule has 1 atom stereocenters. The summed E-state index contributed by atoms with van der Waals surface area (Å²) in [6.45, 7) is 0. The van der Waals surface area contributed by atoms with Crippen molar-refractivity contribution in [3.63, 3.8) is 0 Å². The molecule has 2 aromatic carbocycles. The number of rotatable bonds is 6. The Morgan fingerprint density at radius 3 is 2.39 bits per heavy atom. The molecular weight excluding hydrogens is 296 g/mol. The Kier molecular flexibility index (Phi) is 5.57. The maximum absolute atomic E-state index is 12.0. The second kappa shape index (κ2) is 7.84. The average Bonchev–Trinajstić information content (AvgIpc) is 2.55. The van der Waals surface area contributed by atoms with Crippen LogP contribution in [0.2, 0.25) is 0 Å². The van der Waals surface area contributed by atoms with E-state index in [0.29, 0.717) is 11.4 Å². The molecule has 0 heterocycles. The maximum Gasteiger partial charge on any atom is 0.326 e. The molecule has 2 rings (SSSR count). The van der Waals surface area contributed by atoms with Crippen LogP contribution < -0.4 is 15.4 Å². The Morgan fingerprint density at radius 1 is 1.09 bits per heavy atom. The number of hydrogen-bond donors (Lipinski definition) is 3. The highest BCUT2D eigenvalue weighted by molar-refractivity contribution is 5.93. The number of hydrogen-bond acceptors (Lipinski definition) is 3. The van der Waals surface area contributed by atoms with Crippen LogP contribution in [0.25, 0.3) is 0 Å². The Bertz CT molecular complexity index is 673. The van der Waals surface area contributed by atoms with Gasteiger partial charge in [-0.25, -0.2) is 9.59 Å². The number of aliphatic carboxylic acids is 1. The van der Waals surface area contributed by atoms with Crippen molar-refractivity contribution in [2.24, 2.45) is 0 Å². The second-order valence-corrected chi connectivity index (χ2v) is 4.88. The highest BCUT2D eigenvalue weighted by atomic mass is 16.5. The molecule has 0 saturated heterocycles. The van der Waals surface area contributed by atoms with Crippen molar-refractivity contribution in [2.75, 3.05) is 12.4 Å². The summed E-state index contributed by atoms with van der Waals surface area (Å²) in [6.07, 6.45) is 0.204. The molecular formula is C17H18N2O4. The molecule has 2 amide bonds. The van der Waals surface area contributed by atoms with Gasteiger partial charge in [0.25, 0.3) is 0 Å². The third-order valence-electron chi connectivity index (χ3n) is 3.24. The van der Waals surface area contributed by atoms with E-state index in [1.165, 1.54) is 7.11 Å². The van der Waals surface area contributed by atoms with Crippen LogP contribution in [0.3, 0.4) is 0 Å². The molecule has 2 aromatic rings. The molecule has 6 nitrogen and oxygen atoms in total. The molecule has 23 heavy (non-hydrogen) atoms. The minimum Gasteiger partial charge on any atom is -0.495 e. The predicted octanol–water partition coefficient (Wildman–Crippen LogP) is 2.51. The van der Waals surface area contributed by atoms with Gasteiger partial charge in [-0.15, -0.1) is 0 Å². The smallest absolute Gasteiger partial charge is 0.326 e. The number of nitrogens with one attached hydrogen (secondary N) is 2. The van der Waals surface area contributed by atoms with E-state index >= 15 is 0 Å². The Labute approximate surface area is 134 Å². The van der Waals surface area contributed by atoms with Crippen molar-refractivity contribution in [1.29, 1.82) is 0 Å². The van der Waals surface area contributed by atoms with Crippen molar-refractivity contribution in [1.82, 2.24) is 5.32 Å². The first-order valence-electron chi connectivity index (χ1n) is 7.07. The van der Waals surface area contributed by atoms with Gasteiger partial charge >= 0.3 is 12.0 Å². The first-order valence-corrected chi connectivity index (χ1v) is 7.07. The van der Waals surface area contributed by atoms with Gasteiger partial charge in [0.05, 0.1) is 12.8 Å². The van der Waals surface area contributed by atoms with Crippen molar-refractivity contribution in [2.45, 2.75) is 12.5 Å². The Morgan fingerprint density at radius 2 is 1.74 bits per heavy atom. The van der Waals surface area contributed by atoms with Gasteiger partial charge in [0.1, 0.15) is 11.8 Å². The van der Waals surface area contributed by atoms with Crippen LogP contribution in [0.1, 0.15) is 5.56 Å². The van der Waals surface area contributed by atoms with Gasteiger partial charge in [0.2, 0.25) is 0 Å². The lowest BCUT2D eigenvalue weighted by atomic mass is 10.1. The zero-order valence-electron chi connectivity index (χ0n) is 12.7. The summed E-state index contributed by atoms with van der Waals surface area (Å²) in [4.78, 5) is 23.4. The van der Waals surface area contributed by atoms with Crippen LogP contribution in [-0.4, -0.2) is 30.3 Å². The summed E-state index contributed by atoms with van der Waals surface area (Å²) < 4.78 is 5.14. The number of ether oxygens (including phenoxy) is 1. The standard InChI is InChI=1S/C17H18N2O4/c1-23-15-10-6-5-9-13(15)18-17(22)19-14(16(20)21)11-12-7-3-2-4-8-12/h2-10,14H,11H2,1H3,(H,20,21)(H2,18,19,22)/t14-/m0/s1. The minimum atomic E-state index is -1.09. The van der Waals surface area contributed by atoms with E-state index in [4.69, 9.17) is 4.74 Å². The van der Waals surface area contributed by atoms with Gasteiger partial charge in [0, 0.05) is 6.42 Å². The van der Waals surface area contributed by atoms with Gasteiger partial charge in [-0.3, -0.25) is 0 Å². The summed E-state index contributed by atoms with van der Waals surface area (Å²) in [5.41, 5.74) is 1.30. The third-order valence-corrected chi connectivity index (χ3v) is 3.24. The van der Waals surface area contributed by atoms with Crippen LogP contribution >= 0.6 is 0 Å². The average molecular weight is 314 g/mol. The Balaban J connectivity index is 2.02. The maximum atomic E-state index is 12.0. The number of methoxy groups -OCH3 is 1. The van der Waals surface area contributed by atoms with Crippen LogP contribution in [0.4, 0.5) is 10.5 Å². The van der Waals surface area contributed by atoms with E-state index < -0.39 is 18.0 Å². The van der Waals surface area contributed by atoms with Crippen molar-refractivity contribution < 1.29 is 19.4 Å². The van der Waals surface area contributed by atoms with E-state index in [0.717, 1.165) is 5.56 Å². The molecule has 3 N–H and O–H groups in total. The van der Waals surface area contributed by atoms with Crippen molar-refractivity contribution in [3.8, 4) is 5.75 Å². The third kappa shape index (κ3) is 4.74. The summed E-state index contributed by atoms with van der Waals surface area (Å²) in [6, 6.07) is 14.4. The molecule has 0 spiro atoms. The minimum absolute atomic E-state index is 0.204. The number of carboxylic acid groups (broad SMARTS) is 1. The predicted molar refractivity (Wildman–Crippen MR) is 86.7 cm³/mol. The number of urea groups is 1. The first kappa shape index (κ1) is 16.4. The number of anilines is 1. The van der Waals surface area contributed by atoms with Gasteiger partial charge in [-0.2, -0.15) is 0 Å². The Hall–Kier alpha value is -3.02. The molecule has 0 aliphatic carbocycles. The zero-order chi connectivity index (χ0) is 16.7. The fourth-order valence-corrected chi connectivity index (χ4v) is 2.11. The lowest BCUT2D eigenvalue weighted by Crippen LogP contribution is -2.44. The fourth-order valence-electron chi connectivity index (χ4n) is 2.11. The number of carbonyl (C=O) groups excluding carboxylic acids is 1. The second-order valence-electron chi connectivity index (χ2n) is 4.88.